The minimum Gasteiger partial charge on any atom is -0.465 e. The van der Waals surface area contributed by atoms with E-state index in [1.165, 1.54) is 13.3 Å². The van der Waals surface area contributed by atoms with Gasteiger partial charge in [-0.3, -0.25) is 9.89 Å². The Balaban J connectivity index is 1.45. The number of carbonyl (C=O) groups excluding carboxylic acids is 2. The number of rotatable bonds is 5. The van der Waals surface area contributed by atoms with E-state index in [0.29, 0.717) is 17.0 Å². The third-order valence-electron chi connectivity index (χ3n) is 4.60. The Kier molecular flexibility index (Phi) is 5.34. The SMILES string of the molecule is COC(=O)c1ccc(C=NNC(=O)c2cc(-c3cccc4ccccc34)n[nH]2)cc1. The van der Waals surface area contributed by atoms with Crippen LogP contribution in [-0.2, 0) is 4.74 Å². The number of ether oxygens (including phenoxy) is 1. The Bertz CT molecular complexity index is 1240. The molecule has 0 radical (unpaired) electrons. The lowest BCUT2D eigenvalue weighted by Crippen LogP contribution is -2.18. The molecule has 1 heterocycles. The molecule has 0 unspecified atom stereocenters. The summed E-state index contributed by atoms with van der Waals surface area (Å²) in [5.41, 5.74) is 5.56. The summed E-state index contributed by atoms with van der Waals surface area (Å²) in [6.45, 7) is 0. The van der Waals surface area contributed by atoms with Crippen LogP contribution in [0.1, 0.15) is 26.4 Å². The number of aromatic amines is 1. The highest BCUT2D eigenvalue weighted by molar-refractivity contribution is 5.98. The average Bonchev–Trinajstić information content (AvgIpc) is 3.29. The Morgan fingerprint density at radius 2 is 1.80 bits per heavy atom. The molecule has 0 saturated heterocycles. The van der Waals surface area contributed by atoms with E-state index in [9.17, 15) is 9.59 Å². The van der Waals surface area contributed by atoms with Gasteiger partial charge >= 0.3 is 5.97 Å². The zero-order valence-corrected chi connectivity index (χ0v) is 16.1. The quantitative estimate of drug-likeness (QED) is 0.304. The van der Waals surface area contributed by atoms with Crippen molar-refractivity contribution in [3.63, 3.8) is 0 Å². The number of hydrogen-bond donors (Lipinski definition) is 2. The zero-order chi connectivity index (χ0) is 20.9. The maximum absolute atomic E-state index is 12.4. The van der Waals surface area contributed by atoms with E-state index < -0.39 is 11.9 Å². The largest absolute Gasteiger partial charge is 0.465 e. The summed E-state index contributed by atoms with van der Waals surface area (Å²) in [4.78, 5) is 23.8. The van der Waals surface area contributed by atoms with E-state index in [0.717, 1.165) is 21.9 Å². The van der Waals surface area contributed by atoms with Crippen LogP contribution >= 0.6 is 0 Å². The number of carbonyl (C=O) groups is 2. The van der Waals surface area contributed by atoms with Crippen LogP contribution in [0.25, 0.3) is 22.0 Å². The molecule has 0 spiro atoms. The summed E-state index contributed by atoms with van der Waals surface area (Å²) in [7, 11) is 1.33. The molecule has 0 aliphatic carbocycles. The van der Waals surface area contributed by atoms with Gasteiger partial charge in [0.1, 0.15) is 5.69 Å². The molecule has 4 rings (SSSR count). The molecule has 0 fully saturated rings. The molecule has 2 N–H and O–H groups in total. The Hall–Kier alpha value is -4.26. The first-order chi connectivity index (χ1) is 14.7. The monoisotopic (exact) mass is 398 g/mol. The van der Waals surface area contributed by atoms with Gasteiger partial charge in [0.05, 0.1) is 24.6 Å². The number of aromatic nitrogens is 2. The molecule has 4 aromatic rings. The number of nitrogens with zero attached hydrogens (tertiary/aromatic N) is 2. The van der Waals surface area contributed by atoms with Crippen LogP contribution in [0.2, 0.25) is 0 Å². The van der Waals surface area contributed by atoms with Gasteiger partial charge < -0.3 is 4.74 Å². The van der Waals surface area contributed by atoms with E-state index in [4.69, 9.17) is 0 Å². The van der Waals surface area contributed by atoms with Gasteiger partial charge in [-0.05, 0) is 34.5 Å². The third kappa shape index (κ3) is 3.95. The Morgan fingerprint density at radius 1 is 1.03 bits per heavy atom. The average molecular weight is 398 g/mol. The standard InChI is InChI=1S/C23H18N4O3/c1-30-23(29)17-11-9-15(10-12-17)14-24-27-22(28)21-13-20(25-26-21)19-8-4-6-16-5-2-3-7-18(16)19/h2-14H,1H3,(H,25,26)(H,27,28). The first-order valence-electron chi connectivity index (χ1n) is 9.21. The fourth-order valence-electron chi connectivity index (χ4n) is 3.07. The second-order valence-electron chi connectivity index (χ2n) is 6.51. The van der Waals surface area contributed by atoms with Crippen molar-refractivity contribution >= 4 is 28.9 Å². The molecule has 30 heavy (non-hydrogen) atoms. The predicted molar refractivity (Wildman–Crippen MR) is 114 cm³/mol. The highest BCUT2D eigenvalue weighted by Crippen LogP contribution is 2.27. The number of fused-ring (bicyclic) bond motifs is 1. The summed E-state index contributed by atoms with van der Waals surface area (Å²) < 4.78 is 4.66. The van der Waals surface area contributed by atoms with Crippen LogP contribution in [-0.4, -0.2) is 35.4 Å². The number of esters is 1. The van der Waals surface area contributed by atoms with Crippen molar-refractivity contribution in [2.24, 2.45) is 5.10 Å². The number of H-pyrrole nitrogens is 1. The van der Waals surface area contributed by atoms with Crippen LogP contribution in [0.15, 0.2) is 77.9 Å². The second kappa shape index (κ2) is 8.40. The highest BCUT2D eigenvalue weighted by Gasteiger charge is 2.12. The number of benzene rings is 3. The topological polar surface area (TPSA) is 96.4 Å². The summed E-state index contributed by atoms with van der Waals surface area (Å²) in [5, 5.41) is 13.2. The lowest BCUT2D eigenvalue weighted by atomic mass is 10.0. The number of nitrogens with one attached hydrogen (secondary N) is 2. The molecule has 1 aromatic heterocycles. The van der Waals surface area contributed by atoms with Gasteiger partial charge in [0.25, 0.3) is 5.91 Å². The van der Waals surface area contributed by atoms with Gasteiger partial charge in [-0.15, -0.1) is 0 Å². The summed E-state index contributed by atoms with van der Waals surface area (Å²) >= 11 is 0. The van der Waals surface area contributed by atoms with Crippen molar-refractivity contribution in [1.82, 2.24) is 15.6 Å². The van der Waals surface area contributed by atoms with E-state index in [1.54, 1.807) is 30.3 Å². The minimum absolute atomic E-state index is 0.302. The van der Waals surface area contributed by atoms with Crippen LogP contribution in [0, 0.1) is 0 Å². The molecular formula is C23H18N4O3. The first kappa shape index (κ1) is 19.1. The Labute approximate surface area is 172 Å². The molecule has 0 aliphatic heterocycles. The van der Waals surface area contributed by atoms with Crippen molar-refractivity contribution < 1.29 is 14.3 Å². The molecular weight excluding hydrogens is 380 g/mol. The van der Waals surface area contributed by atoms with E-state index in [1.807, 2.05) is 42.5 Å². The van der Waals surface area contributed by atoms with Gasteiger partial charge in [0.2, 0.25) is 0 Å². The highest BCUT2D eigenvalue weighted by atomic mass is 16.5. The molecule has 1 amide bonds. The number of hydrogen-bond acceptors (Lipinski definition) is 5. The molecule has 148 valence electrons. The fourth-order valence-corrected chi connectivity index (χ4v) is 3.07. The van der Waals surface area contributed by atoms with Crippen molar-refractivity contribution in [3.05, 3.63) is 89.6 Å². The molecule has 0 aliphatic rings. The van der Waals surface area contributed by atoms with Gasteiger partial charge in [0.15, 0.2) is 0 Å². The van der Waals surface area contributed by atoms with E-state index >= 15 is 0 Å². The third-order valence-corrected chi connectivity index (χ3v) is 4.60. The van der Waals surface area contributed by atoms with Crippen molar-refractivity contribution in [1.29, 1.82) is 0 Å². The molecule has 0 bridgehead atoms. The van der Waals surface area contributed by atoms with E-state index in [-0.39, 0.29) is 0 Å². The van der Waals surface area contributed by atoms with Crippen molar-refractivity contribution in [2.75, 3.05) is 7.11 Å². The van der Waals surface area contributed by atoms with Crippen LogP contribution in [0.4, 0.5) is 0 Å². The minimum atomic E-state index is -0.409. The molecule has 7 heteroatoms. The van der Waals surface area contributed by atoms with Crippen molar-refractivity contribution in [2.45, 2.75) is 0 Å². The molecule has 3 aromatic carbocycles. The fraction of sp³-hybridized carbons (Fsp3) is 0.0435. The van der Waals surface area contributed by atoms with Crippen molar-refractivity contribution in [3.8, 4) is 11.3 Å². The maximum Gasteiger partial charge on any atom is 0.337 e. The summed E-state index contributed by atoms with van der Waals surface area (Å²) in [6, 6.07) is 22.3. The number of hydrazone groups is 1. The smallest absolute Gasteiger partial charge is 0.337 e. The van der Waals surface area contributed by atoms with Crippen LogP contribution < -0.4 is 5.43 Å². The second-order valence-corrected chi connectivity index (χ2v) is 6.51. The van der Waals surface area contributed by atoms with Gasteiger partial charge in [-0.2, -0.15) is 10.2 Å². The van der Waals surface area contributed by atoms with Gasteiger partial charge in [-0.25, -0.2) is 10.2 Å². The van der Waals surface area contributed by atoms with Gasteiger partial charge in [0, 0.05) is 5.56 Å². The van der Waals surface area contributed by atoms with Crippen LogP contribution in [0.3, 0.4) is 0 Å². The molecule has 0 atom stereocenters. The predicted octanol–water partition coefficient (Wildman–Crippen LogP) is 3.78. The first-order valence-corrected chi connectivity index (χ1v) is 9.21. The molecule has 7 nitrogen and oxygen atoms in total. The van der Waals surface area contributed by atoms with Crippen LogP contribution in [0.5, 0.6) is 0 Å². The number of amides is 1. The summed E-state index contributed by atoms with van der Waals surface area (Å²) in [5.74, 6) is -0.815. The summed E-state index contributed by atoms with van der Waals surface area (Å²) in [6.07, 6.45) is 1.49. The number of methoxy groups -OCH3 is 1. The Morgan fingerprint density at radius 3 is 2.60 bits per heavy atom. The van der Waals surface area contributed by atoms with Gasteiger partial charge in [-0.1, -0.05) is 54.6 Å². The molecule has 0 saturated carbocycles. The maximum atomic E-state index is 12.4. The lowest BCUT2D eigenvalue weighted by Gasteiger charge is -2.02. The lowest BCUT2D eigenvalue weighted by molar-refractivity contribution is 0.0600. The van der Waals surface area contributed by atoms with E-state index in [2.05, 4.69) is 25.5 Å². The zero-order valence-electron chi connectivity index (χ0n) is 16.1. The normalized spacial score (nSPS) is 11.0.